The van der Waals surface area contributed by atoms with Crippen LogP contribution in [0.2, 0.25) is 0 Å². The van der Waals surface area contributed by atoms with Crippen molar-refractivity contribution < 1.29 is 9.59 Å². The van der Waals surface area contributed by atoms with Crippen LogP contribution in [0.25, 0.3) is 10.9 Å². The van der Waals surface area contributed by atoms with Gasteiger partial charge in [0.05, 0.1) is 11.8 Å². The molecule has 1 aliphatic heterocycles. The normalized spacial score (nSPS) is 18.7. The SMILES string of the molecule is C[C@@H](C(=O)Nc1cc2c3c(c[nH]c3c1)C=NNC2=O)C1CCCCC1. The van der Waals surface area contributed by atoms with E-state index >= 15 is 0 Å². The van der Waals surface area contributed by atoms with E-state index < -0.39 is 0 Å². The summed E-state index contributed by atoms with van der Waals surface area (Å²) in [4.78, 5) is 28.1. The Morgan fingerprint density at radius 3 is 2.88 bits per heavy atom. The first-order valence-corrected chi connectivity index (χ1v) is 8.93. The van der Waals surface area contributed by atoms with Crippen molar-refractivity contribution in [1.29, 1.82) is 0 Å². The molecule has 25 heavy (non-hydrogen) atoms. The van der Waals surface area contributed by atoms with E-state index in [-0.39, 0.29) is 17.7 Å². The fourth-order valence-corrected chi connectivity index (χ4v) is 3.97. The first-order valence-electron chi connectivity index (χ1n) is 8.93. The van der Waals surface area contributed by atoms with Gasteiger partial charge in [-0.05, 0) is 30.9 Å². The Kier molecular flexibility index (Phi) is 4.03. The van der Waals surface area contributed by atoms with Crippen LogP contribution >= 0.6 is 0 Å². The van der Waals surface area contributed by atoms with E-state index in [2.05, 4.69) is 20.8 Å². The van der Waals surface area contributed by atoms with Gasteiger partial charge in [0.2, 0.25) is 5.91 Å². The fraction of sp³-hybridized carbons (Fsp3) is 0.421. The van der Waals surface area contributed by atoms with Gasteiger partial charge in [0.1, 0.15) is 0 Å². The second-order valence-electron chi connectivity index (χ2n) is 7.07. The van der Waals surface area contributed by atoms with Crippen LogP contribution in [0, 0.1) is 11.8 Å². The molecule has 6 heteroatoms. The largest absolute Gasteiger partial charge is 0.360 e. The minimum atomic E-state index is -0.268. The van der Waals surface area contributed by atoms with Crippen LogP contribution in [0.4, 0.5) is 5.69 Å². The summed E-state index contributed by atoms with van der Waals surface area (Å²) in [5, 5.41) is 7.74. The number of benzene rings is 1. The fourth-order valence-electron chi connectivity index (χ4n) is 3.97. The minimum absolute atomic E-state index is 0.0218. The average Bonchev–Trinajstić information content (AvgIpc) is 2.96. The summed E-state index contributed by atoms with van der Waals surface area (Å²) < 4.78 is 0. The zero-order valence-corrected chi connectivity index (χ0v) is 14.3. The Bertz CT molecular complexity index is 862. The summed E-state index contributed by atoms with van der Waals surface area (Å²) in [7, 11) is 0. The standard InChI is InChI=1S/C19H22N4O2/c1-11(12-5-3-2-4-6-12)18(24)22-14-7-15-17-13(9-20-16(17)8-14)10-21-23-19(15)25/h7-12,20H,2-6H2,1H3,(H,22,24)(H,23,25)/t11-/m1/s1. The molecule has 3 N–H and O–H groups in total. The maximum atomic E-state index is 12.7. The summed E-state index contributed by atoms with van der Waals surface area (Å²) in [6, 6.07) is 3.61. The lowest BCUT2D eigenvalue weighted by Gasteiger charge is -2.26. The monoisotopic (exact) mass is 338 g/mol. The Balaban J connectivity index is 1.61. The van der Waals surface area contributed by atoms with E-state index in [0.717, 1.165) is 29.3 Å². The molecule has 1 atom stereocenters. The van der Waals surface area contributed by atoms with Gasteiger partial charge in [0.15, 0.2) is 0 Å². The van der Waals surface area contributed by atoms with Crippen LogP contribution in [-0.4, -0.2) is 23.0 Å². The zero-order chi connectivity index (χ0) is 17.4. The van der Waals surface area contributed by atoms with Crippen molar-refractivity contribution in [3.05, 3.63) is 29.5 Å². The minimum Gasteiger partial charge on any atom is -0.360 e. The van der Waals surface area contributed by atoms with E-state index in [1.165, 1.54) is 19.3 Å². The van der Waals surface area contributed by atoms with Crippen molar-refractivity contribution >= 4 is 34.6 Å². The molecule has 0 saturated heterocycles. The van der Waals surface area contributed by atoms with Gasteiger partial charge in [-0.25, -0.2) is 5.43 Å². The van der Waals surface area contributed by atoms with Crippen LogP contribution < -0.4 is 10.7 Å². The number of rotatable bonds is 3. The van der Waals surface area contributed by atoms with Gasteiger partial charge >= 0.3 is 0 Å². The summed E-state index contributed by atoms with van der Waals surface area (Å²) in [5.74, 6) is 0.186. The van der Waals surface area contributed by atoms with Crippen molar-refractivity contribution in [2.24, 2.45) is 16.9 Å². The predicted octanol–water partition coefficient (Wildman–Crippen LogP) is 3.40. The Labute approximate surface area is 146 Å². The lowest BCUT2D eigenvalue weighted by molar-refractivity contribution is -0.121. The second-order valence-corrected chi connectivity index (χ2v) is 7.07. The molecule has 1 saturated carbocycles. The first kappa shape index (κ1) is 15.9. The molecule has 6 nitrogen and oxygen atoms in total. The predicted molar refractivity (Wildman–Crippen MR) is 97.7 cm³/mol. The van der Waals surface area contributed by atoms with E-state index in [1.807, 2.05) is 19.2 Å². The van der Waals surface area contributed by atoms with E-state index in [1.54, 1.807) is 12.3 Å². The third kappa shape index (κ3) is 2.92. The van der Waals surface area contributed by atoms with Crippen LogP contribution in [0.3, 0.4) is 0 Å². The molecule has 0 bridgehead atoms. The number of hydrogen-bond donors (Lipinski definition) is 3. The molecular formula is C19H22N4O2. The first-order chi connectivity index (χ1) is 12.1. The summed E-state index contributed by atoms with van der Waals surface area (Å²) in [6.07, 6.45) is 9.38. The topological polar surface area (TPSA) is 86.3 Å². The number of aromatic amines is 1. The summed E-state index contributed by atoms with van der Waals surface area (Å²) >= 11 is 0. The molecular weight excluding hydrogens is 316 g/mol. The number of carbonyl (C=O) groups is 2. The van der Waals surface area contributed by atoms with Gasteiger partial charge < -0.3 is 10.3 Å². The highest BCUT2D eigenvalue weighted by atomic mass is 16.2. The molecule has 1 fully saturated rings. The molecule has 2 heterocycles. The Morgan fingerprint density at radius 1 is 1.28 bits per heavy atom. The number of hydrazone groups is 1. The Hall–Kier alpha value is -2.63. The van der Waals surface area contributed by atoms with Crippen LogP contribution in [0.5, 0.6) is 0 Å². The van der Waals surface area contributed by atoms with E-state index in [4.69, 9.17) is 0 Å². The summed E-state index contributed by atoms with van der Waals surface area (Å²) in [5.41, 5.74) is 5.33. The lowest BCUT2D eigenvalue weighted by atomic mass is 9.80. The third-order valence-electron chi connectivity index (χ3n) is 5.46. The second kappa shape index (κ2) is 6.35. The van der Waals surface area contributed by atoms with E-state index in [9.17, 15) is 9.59 Å². The molecule has 130 valence electrons. The van der Waals surface area contributed by atoms with Crippen molar-refractivity contribution in [1.82, 2.24) is 10.4 Å². The average molecular weight is 338 g/mol. The number of nitrogens with zero attached hydrogens (tertiary/aromatic N) is 1. The molecule has 0 unspecified atom stereocenters. The molecule has 2 amide bonds. The molecule has 1 aromatic heterocycles. The summed E-state index contributed by atoms with van der Waals surface area (Å²) in [6.45, 7) is 2.01. The molecule has 1 aromatic carbocycles. The number of hydrogen-bond acceptors (Lipinski definition) is 3. The number of carbonyl (C=O) groups excluding carboxylic acids is 2. The highest BCUT2D eigenvalue weighted by molar-refractivity contribution is 6.15. The maximum Gasteiger partial charge on any atom is 0.272 e. The van der Waals surface area contributed by atoms with E-state index in [0.29, 0.717) is 17.2 Å². The molecule has 2 aliphatic rings. The molecule has 0 radical (unpaired) electrons. The third-order valence-corrected chi connectivity index (χ3v) is 5.46. The van der Waals surface area contributed by atoms with Crippen LogP contribution in [-0.2, 0) is 4.79 Å². The van der Waals surface area contributed by atoms with Crippen molar-refractivity contribution in [2.75, 3.05) is 5.32 Å². The molecule has 2 aromatic rings. The quantitative estimate of drug-likeness (QED) is 0.801. The van der Waals surface area contributed by atoms with Gasteiger partial charge in [-0.2, -0.15) is 5.10 Å². The van der Waals surface area contributed by atoms with Gasteiger partial charge in [-0.1, -0.05) is 26.2 Å². The lowest BCUT2D eigenvalue weighted by Crippen LogP contribution is -2.28. The van der Waals surface area contributed by atoms with Crippen LogP contribution in [0.1, 0.15) is 54.9 Å². The van der Waals surface area contributed by atoms with Gasteiger partial charge in [-0.15, -0.1) is 0 Å². The zero-order valence-electron chi connectivity index (χ0n) is 14.3. The van der Waals surface area contributed by atoms with Gasteiger partial charge in [0.25, 0.3) is 5.91 Å². The maximum absolute atomic E-state index is 12.7. The number of nitrogens with one attached hydrogen (secondary N) is 3. The number of anilines is 1. The number of amides is 2. The highest BCUT2D eigenvalue weighted by Crippen LogP contribution is 2.31. The Morgan fingerprint density at radius 2 is 2.08 bits per heavy atom. The molecule has 4 rings (SSSR count). The van der Waals surface area contributed by atoms with Gasteiger partial charge in [-0.3, -0.25) is 9.59 Å². The number of H-pyrrole nitrogens is 1. The smallest absolute Gasteiger partial charge is 0.272 e. The van der Waals surface area contributed by atoms with Crippen molar-refractivity contribution in [3.63, 3.8) is 0 Å². The van der Waals surface area contributed by atoms with Gasteiger partial charge in [0, 0.05) is 34.3 Å². The number of aromatic nitrogens is 1. The molecule has 0 spiro atoms. The highest BCUT2D eigenvalue weighted by Gasteiger charge is 2.26. The van der Waals surface area contributed by atoms with Crippen molar-refractivity contribution in [3.8, 4) is 0 Å². The van der Waals surface area contributed by atoms with Crippen molar-refractivity contribution in [2.45, 2.75) is 39.0 Å². The van der Waals surface area contributed by atoms with Crippen LogP contribution in [0.15, 0.2) is 23.4 Å². The molecule has 1 aliphatic carbocycles.